The average Bonchev–Trinajstić information content (AvgIpc) is 2.71. The maximum Gasteiger partial charge on any atom is 0.268 e. The molecule has 1 unspecified atom stereocenters. The van der Waals surface area contributed by atoms with Crippen LogP contribution in [0.2, 0.25) is 0 Å². The average molecular weight is 293 g/mol. The summed E-state index contributed by atoms with van der Waals surface area (Å²) in [5, 5.41) is 0. The van der Waals surface area contributed by atoms with Crippen LogP contribution < -0.4 is 16.0 Å². The lowest BCUT2D eigenvalue weighted by atomic mass is 10.2. The summed E-state index contributed by atoms with van der Waals surface area (Å²) in [4.78, 5) is 14.0. The minimum absolute atomic E-state index is 0.253. The highest BCUT2D eigenvalue weighted by atomic mass is 16.5. The molecule has 0 saturated carbocycles. The summed E-state index contributed by atoms with van der Waals surface area (Å²) in [6.07, 6.45) is 1.29. The van der Waals surface area contributed by atoms with Crippen molar-refractivity contribution in [1.29, 1.82) is 0 Å². The lowest BCUT2D eigenvalue weighted by Crippen LogP contribution is -2.34. The Morgan fingerprint density at radius 1 is 1.52 bits per heavy atom. The van der Waals surface area contributed by atoms with Gasteiger partial charge in [0.1, 0.15) is 12.4 Å². The normalized spacial score (nSPS) is 19.8. The molecule has 21 heavy (non-hydrogen) atoms. The molecule has 6 heteroatoms. The predicted molar refractivity (Wildman–Crippen MR) is 80.1 cm³/mol. The molecule has 0 spiro atoms. The largest absolute Gasteiger partial charge is 0.491 e. The number of nitrogen functional groups attached to an aromatic ring is 1. The van der Waals surface area contributed by atoms with Crippen molar-refractivity contribution in [3.63, 3.8) is 0 Å². The number of nitrogens with one attached hydrogen (secondary N) is 1. The maximum atomic E-state index is 11.6. The number of para-hydroxylation sites is 1. The SMILES string of the molecule is CC1CN(CCOc2ccccc2C(=O)NN)CCCO1. The van der Waals surface area contributed by atoms with E-state index in [2.05, 4.69) is 17.2 Å². The van der Waals surface area contributed by atoms with Crippen LogP contribution in [-0.2, 0) is 4.74 Å². The zero-order chi connectivity index (χ0) is 15.1. The summed E-state index contributed by atoms with van der Waals surface area (Å²) in [6, 6.07) is 7.09. The van der Waals surface area contributed by atoms with E-state index in [4.69, 9.17) is 15.3 Å². The van der Waals surface area contributed by atoms with Crippen LogP contribution in [0.4, 0.5) is 0 Å². The number of nitrogens with zero attached hydrogens (tertiary/aromatic N) is 1. The minimum atomic E-state index is -0.345. The van der Waals surface area contributed by atoms with Crippen LogP contribution >= 0.6 is 0 Å². The first-order valence-corrected chi connectivity index (χ1v) is 7.27. The fourth-order valence-corrected chi connectivity index (χ4v) is 2.43. The molecule has 1 aliphatic rings. The molecule has 116 valence electrons. The molecule has 0 aromatic heterocycles. The highest BCUT2D eigenvalue weighted by Gasteiger charge is 2.15. The zero-order valence-electron chi connectivity index (χ0n) is 12.4. The number of ether oxygens (including phenoxy) is 2. The van der Waals surface area contributed by atoms with Gasteiger partial charge in [0, 0.05) is 26.2 Å². The molecule has 3 N–H and O–H groups in total. The van der Waals surface area contributed by atoms with E-state index in [9.17, 15) is 4.79 Å². The van der Waals surface area contributed by atoms with E-state index in [-0.39, 0.29) is 12.0 Å². The molecule has 1 fully saturated rings. The molecule has 0 bridgehead atoms. The molecule has 1 aromatic rings. The molecule has 1 amide bonds. The minimum Gasteiger partial charge on any atom is -0.491 e. The molecule has 1 atom stereocenters. The van der Waals surface area contributed by atoms with Gasteiger partial charge in [-0.05, 0) is 25.5 Å². The van der Waals surface area contributed by atoms with Gasteiger partial charge in [-0.25, -0.2) is 5.84 Å². The van der Waals surface area contributed by atoms with Crippen LogP contribution in [0, 0.1) is 0 Å². The first kappa shape index (κ1) is 15.8. The van der Waals surface area contributed by atoms with E-state index in [1.54, 1.807) is 18.2 Å². The van der Waals surface area contributed by atoms with Gasteiger partial charge < -0.3 is 9.47 Å². The summed E-state index contributed by atoms with van der Waals surface area (Å²) < 4.78 is 11.4. The number of nitrogens with two attached hydrogens (primary N) is 1. The van der Waals surface area contributed by atoms with Crippen molar-refractivity contribution in [3.05, 3.63) is 29.8 Å². The molecule has 1 aliphatic heterocycles. The van der Waals surface area contributed by atoms with E-state index in [1.165, 1.54) is 0 Å². The maximum absolute atomic E-state index is 11.6. The summed E-state index contributed by atoms with van der Waals surface area (Å²) >= 11 is 0. The third-order valence-electron chi connectivity index (χ3n) is 3.46. The number of hydrazine groups is 1. The first-order chi connectivity index (χ1) is 10.2. The second-order valence-corrected chi connectivity index (χ2v) is 5.15. The molecule has 2 rings (SSSR count). The van der Waals surface area contributed by atoms with Gasteiger partial charge in [-0.2, -0.15) is 0 Å². The van der Waals surface area contributed by atoms with Crippen molar-refractivity contribution in [2.24, 2.45) is 5.84 Å². The Morgan fingerprint density at radius 3 is 3.14 bits per heavy atom. The van der Waals surface area contributed by atoms with E-state index < -0.39 is 0 Å². The Labute approximate surface area is 125 Å². The number of benzene rings is 1. The standard InChI is InChI=1S/C15H23N3O3/c1-12-11-18(7-4-9-20-12)8-10-21-14-6-3-2-5-13(14)15(19)17-16/h2-3,5-6,12H,4,7-11,16H2,1H3,(H,17,19). The second-order valence-electron chi connectivity index (χ2n) is 5.15. The lowest BCUT2D eigenvalue weighted by Gasteiger charge is -2.22. The Kier molecular flexibility index (Phi) is 5.98. The summed E-state index contributed by atoms with van der Waals surface area (Å²) in [6.45, 7) is 6.17. The zero-order valence-corrected chi connectivity index (χ0v) is 12.4. The third-order valence-corrected chi connectivity index (χ3v) is 3.46. The van der Waals surface area contributed by atoms with E-state index in [1.807, 2.05) is 6.07 Å². The lowest BCUT2D eigenvalue weighted by molar-refractivity contribution is 0.0658. The number of hydrogen-bond acceptors (Lipinski definition) is 5. The van der Waals surface area contributed by atoms with E-state index in [0.717, 1.165) is 32.7 Å². The molecule has 1 saturated heterocycles. The van der Waals surface area contributed by atoms with Crippen molar-refractivity contribution < 1.29 is 14.3 Å². The fraction of sp³-hybridized carbons (Fsp3) is 0.533. The molecule has 0 radical (unpaired) electrons. The highest BCUT2D eigenvalue weighted by molar-refractivity contribution is 5.96. The van der Waals surface area contributed by atoms with E-state index in [0.29, 0.717) is 17.9 Å². The Bertz CT molecular complexity index is 467. The van der Waals surface area contributed by atoms with Crippen LogP contribution in [0.3, 0.4) is 0 Å². The molecule has 1 aromatic carbocycles. The molecule has 6 nitrogen and oxygen atoms in total. The van der Waals surface area contributed by atoms with Gasteiger partial charge in [-0.3, -0.25) is 15.1 Å². The summed E-state index contributed by atoms with van der Waals surface area (Å²) in [5.41, 5.74) is 2.58. The molecule has 1 heterocycles. The van der Waals surface area contributed by atoms with E-state index >= 15 is 0 Å². The van der Waals surface area contributed by atoms with Crippen molar-refractivity contribution in [2.45, 2.75) is 19.4 Å². The second kappa shape index (κ2) is 7.97. The van der Waals surface area contributed by atoms with Gasteiger partial charge in [0.05, 0.1) is 11.7 Å². The Balaban J connectivity index is 1.87. The number of carbonyl (C=O) groups excluding carboxylic acids is 1. The summed E-state index contributed by atoms with van der Waals surface area (Å²) in [5.74, 6) is 5.38. The van der Waals surface area contributed by atoms with Gasteiger partial charge >= 0.3 is 0 Å². The van der Waals surface area contributed by atoms with Gasteiger partial charge in [-0.1, -0.05) is 12.1 Å². The van der Waals surface area contributed by atoms with Crippen molar-refractivity contribution in [1.82, 2.24) is 10.3 Å². The van der Waals surface area contributed by atoms with Crippen LogP contribution in [0.15, 0.2) is 24.3 Å². The predicted octanol–water partition coefficient (Wildman–Crippen LogP) is 0.780. The summed E-state index contributed by atoms with van der Waals surface area (Å²) in [7, 11) is 0. The van der Waals surface area contributed by atoms with Crippen LogP contribution in [0.5, 0.6) is 5.75 Å². The highest BCUT2D eigenvalue weighted by Crippen LogP contribution is 2.17. The Morgan fingerprint density at radius 2 is 2.33 bits per heavy atom. The van der Waals surface area contributed by atoms with Crippen LogP contribution in [-0.4, -0.2) is 49.8 Å². The topological polar surface area (TPSA) is 76.8 Å². The fourth-order valence-electron chi connectivity index (χ4n) is 2.43. The number of hydrogen-bond donors (Lipinski definition) is 2. The van der Waals surface area contributed by atoms with Crippen molar-refractivity contribution in [3.8, 4) is 5.75 Å². The van der Waals surface area contributed by atoms with Gasteiger partial charge in [0.2, 0.25) is 0 Å². The van der Waals surface area contributed by atoms with Gasteiger partial charge in [0.25, 0.3) is 5.91 Å². The number of rotatable bonds is 5. The van der Waals surface area contributed by atoms with Crippen LogP contribution in [0.1, 0.15) is 23.7 Å². The van der Waals surface area contributed by atoms with Gasteiger partial charge in [0.15, 0.2) is 0 Å². The number of amides is 1. The van der Waals surface area contributed by atoms with Crippen LogP contribution in [0.25, 0.3) is 0 Å². The van der Waals surface area contributed by atoms with Crippen molar-refractivity contribution in [2.75, 3.05) is 32.8 Å². The van der Waals surface area contributed by atoms with Crippen molar-refractivity contribution >= 4 is 5.91 Å². The Hall–Kier alpha value is -1.63. The van der Waals surface area contributed by atoms with Gasteiger partial charge in [-0.15, -0.1) is 0 Å². The first-order valence-electron chi connectivity index (χ1n) is 7.27. The molecular weight excluding hydrogens is 270 g/mol. The third kappa shape index (κ3) is 4.70. The molecule has 0 aliphatic carbocycles. The molecular formula is C15H23N3O3. The smallest absolute Gasteiger partial charge is 0.268 e. The monoisotopic (exact) mass is 293 g/mol. The quantitative estimate of drug-likeness (QED) is 0.476. The number of carbonyl (C=O) groups is 1.